The lowest BCUT2D eigenvalue weighted by Crippen LogP contribution is -2.39. The molecule has 0 radical (unpaired) electrons. The molecule has 0 aromatic carbocycles. The number of hydrogen-bond acceptors (Lipinski definition) is 4. The second-order valence-electron chi connectivity index (χ2n) is 4.62. The third-order valence-electron chi connectivity index (χ3n) is 2.68. The molecule has 1 aromatic rings. The number of nitrogens with one attached hydrogen (secondary N) is 1. The van der Waals surface area contributed by atoms with Crippen molar-refractivity contribution in [1.29, 1.82) is 0 Å². The van der Waals surface area contributed by atoms with Crippen LogP contribution >= 0.6 is 15.9 Å². The van der Waals surface area contributed by atoms with E-state index in [1.165, 1.54) is 6.33 Å². The number of H-pyrrole nitrogens is 1. The number of hydrogen-bond donors (Lipinski definition) is 1. The Bertz CT molecular complexity index is 424. The molecule has 0 saturated heterocycles. The maximum Gasteiger partial charge on any atom is 0.268 e. The normalized spacial score (nSPS) is 11.6. The van der Waals surface area contributed by atoms with Crippen molar-refractivity contribution < 1.29 is 4.74 Å². The molecule has 18 heavy (non-hydrogen) atoms. The van der Waals surface area contributed by atoms with Gasteiger partial charge in [-0.3, -0.25) is 9.69 Å². The number of ether oxygens (including phenoxy) is 1. The first-order chi connectivity index (χ1) is 8.43. The van der Waals surface area contributed by atoms with Crippen LogP contribution in [0.4, 0.5) is 0 Å². The average Bonchev–Trinajstić information content (AvgIpc) is 2.28. The number of halogens is 1. The predicted molar refractivity (Wildman–Crippen MR) is 75.0 cm³/mol. The molecule has 0 unspecified atom stereocenters. The molecule has 0 atom stereocenters. The fourth-order valence-electron chi connectivity index (χ4n) is 1.83. The molecule has 0 spiro atoms. The van der Waals surface area contributed by atoms with E-state index in [4.69, 9.17) is 4.74 Å². The van der Waals surface area contributed by atoms with E-state index >= 15 is 0 Å². The van der Waals surface area contributed by atoms with Crippen LogP contribution in [0.1, 0.15) is 27.7 Å². The first-order valence-electron chi connectivity index (χ1n) is 6.05. The Hall–Kier alpha value is -0.880. The molecule has 0 bridgehead atoms. The standard InChI is InChI=1S/C12H20BrN3O2/c1-8(2)16(9(3)4)5-6-18-12-10(13)11(17)14-7-15-12/h7-9H,5-6H2,1-4H3,(H,14,15,17). The van der Waals surface area contributed by atoms with Crippen LogP contribution in [0.25, 0.3) is 0 Å². The minimum atomic E-state index is -0.232. The highest BCUT2D eigenvalue weighted by Crippen LogP contribution is 2.16. The van der Waals surface area contributed by atoms with Crippen LogP contribution in [0.2, 0.25) is 0 Å². The third kappa shape index (κ3) is 4.10. The first kappa shape index (κ1) is 15.2. The van der Waals surface area contributed by atoms with Gasteiger partial charge >= 0.3 is 0 Å². The van der Waals surface area contributed by atoms with E-state index in [9.17, 15) is 4.79 Å². The fourth-order valence-corrected chi connectivity index (χ4v) is 2.16. The van der Waals surface area contributed by atoms with Crippen LogP contribution in [0, 0.1) is 0 Å². The van der Waals surface area contributed by atoms with Gasteiger partial charge in [0, 0.05) is 18.6 Å². The molecule has 0 aliphatic heterocycles. The lowest BCUT2D eigenvalue weighted by atomic mass is 10.2. The number of aromatic nitrogens is 2. The van der Waals surface area contributed by atoms with E-state index in [1.54, 1.807) is 0 Å². The first-order valence-corrected chi connectivity index (χ1v) is 6.84. The van der Waals surface area contributed by atoms with Crippen molar-refractivity contribution in [3.63, 3.8) is 0 Å². The summed E-state index contributed by atoms with van der Waals surface area (Å²) in [4.78, 5) is 20.1. The summed E-state index contributed by atoms with van der Waals surface area (Å²) >= 11 is 3.16. The molecule has 0 amide bonds. The highest BCUT2D eigenvalue weighted by Gasteiger charge is 2.13. The highest BCUT2D eigenvalue weighted by molar-refractivity contribution is 9.10. The Morgan fingerprint density at radius 3 is 2.56 bits per heavy atom. The molecule has 1 rings (SSSR count). The van der Waals surface area contributed by atoms with E-state index in [0.717, 1.165) is 6.54 Å². The van der Waals surface area contributed by atoms with E-state index in [0.29, 0.717) is 29.0 Å². The van der Waals surface area contributed by atoms with Crippen molar-refractivity contribution in [2.45, 2.75) is 39.8 Å². The van der Waals surface area contributed by atoms with Gasteiger partial charge in [0.2, 0.25) is 5.88 Å². The second kappa shape index (κ2) is 6.89. The fraction of sp³-hybridized carbons (Fsp3) is 0.667. The van der Waals surface area contributed by atoms with Gasteiger partial charge in [-0.2, -0.15) is 0 Å². The summed E-state index contributed by atoms with van der Waals surface area (Å²) in [6.45, 7) is 9.92. The molecule has 0 aliphatic carbocycles. The second-order valence-corrected chi connectivity index (χ2v) is 5.42. The van der Waals surface area contributed by atoms with Crippen LogP contribution in [0.5, 0.6) is 5.88 Å². The van der Waals surface area contributed by atoms with E-state index < -0.39 is 0 Å². The van der Waals surface area contributed by atoms with Crippen molar-refractivity contribution in [1.82, 2.24) is 14.9 Å². The smallest absolute Gasteiger partial charge is 0.268 e. The zero-order valence-corrected chi connectivity index (χ0v) is 12.8. The zero-order chi connectivity index (χ0) is 13.7. The van der Waals surface area contributed by atoms with Crippen molar-refractivity contribution >= 4 is 15.9 Å². The van der Waals surface area contributed by atoms with Crippen LogP contribution in [-0.2, 0) is 0 Å². The predicted octanol–water partition coefficient (Wildman–Crippen LogP) is 2.03. The third-order valence-corrected chi connectivity index (χ3v) is 3.38. The topological polar surface area (TPSA) is 58.2 Å². The summed E-state index contributed by atoms with van der Waals surface area (Å²) in [5, 5.41) is 0. The minimum Gasteiger partial charge on any atom is -0.475 e. The van der Waals surface area contributed by atoms with Gasteiger partial charge in [0.15, 0.2) is 0 Å². The molecule has 0 saturated carbocycles. The van der Waals surface area contributed by atoms with Crippen LogP contribution < -0.4 is 10.3 Å². The van der Waals surface area contributed by atoms with Crippen LogP contribution in [0.3, 0.4) is 0 Å². The van der Waals surface area contributed by atoms with Crippen LogP contribution in [-0.4, -0.2) is 40.1 Å². The monoisotopic (exact) mass is 317 g/mol. The number of aromatic amines is 1. The highest BCUT2D eigenvalue weighted by atomic mass is 79.9. The summed E-state index contributed by atoms with van der Waals surface area (Å²) in [5.41, 5.74) is -0.232. The zero-order valence-electron chi connectivity index (χ0n) is 11.2. The Morgan fingerprint density at radius 1 is 1.39 bits per heavy atom. The quantitative estimate of drug-likeness (QED) is 0.872. The van der Waals surface area contributed by atoms with E-state index in [-0.39, 0.29) is 5.56 Å². The van der Waals surface area contributed by atoms with Gasteiger partial charge in [-0.25, -0.2) is 4.98 Å². The molecule has 1 aromatic heterocycles. The maximum atomic E-state index is 11.3. The van der Waals surface area contributed by atoms with Gasteiger partial charge in [-0.15, -0.1) is 0 Å². The summed E-state index contributed by atoms with van der Waals surface area (Å²) in [5.74, 6) is 0.339. The molecule has 102 valence electrons. The Kier molecular flexibility index (Phi) is 5.81. The molecule has 1 heterocycles. The Balaban J connectivity index is 2.56. The molecule has 0 fully saturated rings. The van der Waals surface area contributed by atoms with E-state index in [2.05, 4.69) is 58.5 Å². The Morgan fingerprint density at radius 2 is 2.00 bits per heavy atom. The average molecular weight is 318 g/mol. The van der Waals surface area contributed by atoms with E-state index in [1.807, 2.05) is 0 Å². The summed E-state index contributed by atoms with van der Waals surface area (Å²) < 4.78 is 5.87. The molecule has 0 aliphatic rings. The maximum absolute atomic E-state index is 11.3. The minimum absolute atomic E-state index is 0.232. The van der Waals surface area contributed by atoms with Gasteiger partial charge in [-0.05, 0) is 43.6 Å². The van der Waals surface area contributed by atoms with Gasteiger partial charge in [0.05, 0.1) is 6.33 Å². The molecule has 1 N–H and O–H groups in total. The summed E-state index contributed by atoms with van der Waals surface area (Å²) in [6.07, 6.45) is 1.34. The Labute approximate surface area is 116 Å². The lowest BCUT2D eigenvalue weighted by Gasteiger charge is -2.30. The molecule has 5 nitrogen and oxygen atoms in total. The van der Waals surface area contributed by atoms with Gasteiger partial charge in [-0.1, -0.05) is 0 Å². The largest absolute Gasteiger partial charge is 0.475 e. The van der Waals surface area contributed by atoms with Crippen molar-refractivity contribution in [3.8, 4) is 5.88 Å². The molecular weight excluding hydrogens is 298 g/mol. The molecular formula is C12H20BrN3O2. The summed E-state index contributed by atoms with van der Waals surface area (Å²) in [6, 6.07) is 0.924. The lowest BCUT2D eigenvalue weighted by molar-refractivity contribution is 0.139. The van der Waals surface area contributed by atoms with Crippen molar-refractivity contribution in [2.24, 2.45) is 0 Å². The van der Waals surface area contributed by atoms with Crippen molar-refractivity contribution in [2.75, 3.05) is 13.2 Å². The van der Waals surface area contributed by atoms with Crippen LogP contribution in [0.15, 0.2) is 15.6 Å². The SMILES string of the molecule is CC(C)N(CCOc1nc[nH]c(=O)c1Br)C(C)C. The number of nitrogens with zero attached hydrogens (tertiary/aromatic N) is 2. The van der Waals surface area contributed by atoms with Gasteiger partial charge in [0.25, 0.3) is 5.56 Å². The molecule has 6 heteroatoms. The summed E-state index contributed by atoms with van der Waals surface area (Å²) in [7, 11) is 0. The van der Waals surface area contributed by atoms with Gasteiger partial charge in [0.1, 0.15) is 11.1 Å². The van der Waals surface area contributed by atoms with Crippen molar-refractivity contribution in [3.05, 3.63) is 21.2 Å². The number of rotatable bonds is 6. The van der Waals surface area contributed by atoms with Gasteiger partial charge < -0.3 is 9.72 Å².